The largest absolute Gasteiger partial charge is 0.353 e. The van der Waals surface area contributed by atoms with Crippen molar-refractivity contribution in [2.24, 2.45) is 0 Å². The van der Waals surface area contributed by atoms with Gasteiger partial charge in [-0.15, -0.1) is 0 Å². The van der Waals surface area contributed by atoms with Gasteiger partial charge in [-0.05, 0) is 75.8 Å². The number of benzene rings is 2. The van der Waals surface area contributed by atoms with Crippen LogP contribution in [0, 0.1) is 20.8 Å². The van der Waals surface area contributed by atoms with E-state index >= 15 is 0 Å². The molecule has 6 heteroatoms. The lowest BCUT2D eigenvalue weighted by molar-refractivity contribution is -0.124. The standard InChI is InChI=1S/C23H30N2O3S/c1-6-18(5)24-22(26)23(11-12-23)19-7-9-20(10-8-19)25-29(27,28)21-16(3)13-15(2)14-17(21)4/h7-10,13-14,18,25H,6,11-12H2,1-5H3,(H,24,26). The van der Waals surface area contributed by atoms with Crippen LogP contribution in [0.4, 0.5) is 5.69 Å². The number of hydrogen-bond donors (Lipinski definition) is 2. The Hall–Kier alpha value is -2.34. The highest BCUT2D eigenvalue weighted by Gasteiger charge is 2.51. The molecule has 2 aromatic carbocycles. The highest BCUT2D eigenvalue weighted by Crippen LogP contribution is 2.48. The highest BCUT2D eigenvalue weighted by molar-refractivity contribution is 7.92. The van der Waals surface area contributed by atoms with Gasteiger partial charge in [0, 0.05) is 11.7 Å². The van der Waals surface area contributed by atoms with Crippen LogP contribution >= 0.6 is 0 Å². The van der Waals surface area contributed by atoms with Crippen LogP contribution in [0.5, 0.6) is 0 Å². The summed E-state index contributed by atoms with van der Waals surface area (Å²) < 4.78 is 28.5. The van der Waals surface area contributed by atoms with Crippen LogP contribution in [0.1, 0.15) is 55.4 Å². The van der Waals surface area contributed by atoms with Crippen molar-refractivity contribution in [1.29, 1.82) is 0 Å². The molecule has 0 bridgehead atoms. The van der Waals surface area contributed by atoms with Crippen molar-refractivity contribution < 1.29 is 13.2 Å². The maximum atomic E-state index is 12.9. The van der Waals surface area contributed by atoms with Gasteiger partial charge in [-0.3, -0.25) is 9.52 Å². The van der Waals surface area contributed by atoms with Crippen LogP contribution in [0.25, 0.3) is 0 Å². The number of nitrogens with one attached hydrogen (secondary N) is 2. The van der Waals surface area contributed by atoms with Gasteiger partial charge in [0.2, 0.25) is 5.91 Å². The summed E-state index contributed by atoms with van der Waals surface area (Å²) in [5.41, 5.74) is 3.45. The summed E-state index contributed by atoms with van der Waals surface area (Å²) in [5.74, 6) is 0.0612. The zero-order valence-electron chi connectivity index (χ0n) is 17.8. The molecule has 1 amide bonds. The van der Waals surface area contributed by atoms with E-state index in [1.165, 1.54) is 0 Å². The lowest BCUT2D eigenvalue weighted by Crippen LogP contribution is -2.39. The molecule has 1 saturated carbocycles. The molecule has 0 aliphatic heterocycles. The molecule has 1 atom stereocenters. The summed E-state index contributed by atoms with van der Waals surface area (Å²) in [4.78, 5) is 13.0. The Bertz CT molecular complexity index is 1000. The predicted octanol–water partition coefficient (Wildman–Crippen LogP) is 4.36. The fraction of sp³-hybridized carbons (Fsp3) is 0.435. The van der Waals surface area contributed by atoms with E-state index in [0.717, 1.165) is 41.5 Å². The predicted molar refractivity (Wildman–Crippen MR) is 117 cm³/mol. The molecule has 29 heavy (non-hydrogen) atoms. The zero-order valence-corrected chi connectivity index (χ0v) is 18.6. The third kappa shape index (κ3) is 4.32. The van der Waals surface area contributed by atoms with E-state index in [0.29, 0.717) is 10.6 Å². The number of carbonyl (C=O) groups is 1. The summed E-state index contributed by atoms with van der Waals surface area (Å²) in [5, 5.41) is 3.07. The molecule has 0 spiro atoms. The van der Waals surface area contributed by atoms with Gasteiger partial charge in [-0.1, -0.05) is 36.8 Å². The molecule has 1 fully saturated rings. The van der Waals surface area contributed by atoms with Gasteiger partial charge < -0.3 is 5.32 Å². The second-order valence-corrected chi connectivity index (χ2v) is 9.89. The molecule has 0 heterocycles. The van der Waals surface area contributed by atoms with E-state index in [1.807, 2.05) is 58.9 Å². The van der Waals surface area contributed by atoms with Gasteiger partial charge >= 0.3 is 0 Å². The Balaban J connectivity index is 1.80. The first-order valence-corrected chi connectivity index (χ1v) is 11.6. The highest BCUT2D eigenvalue weighted by atomic mass is 32.2. The number of rotatable bonds is 7. The maximum absolute atomic E-state index is 12.9. The van der Waals surface area contributed by atoms with Gasteiger partial charge in [-0.25, -0.2) is 8.42 Å². The molecule has 2 N–H and O–H groups in total. The lowest BCUT2D eigenvalue weighted by atomic mass is 9.94. The minimum Gasteiger partial charge on any atom is -0.353 e. The molecular formula is C23H30N2O3S. The molecule has 0 saturated heterocycles. The Kier molecular flexibility index (Phi) is 5.77. The molecular weight excluding hydrogens is 384 g/mol. The SMILES string of the molecule is CCC(C)NC(=O)C1(c2ccc(NS(=O)(=O)c3c(C)cc(C)cc3C)cc2)CC1. The number of aryl methyl sites for hydroxylation is 3. The van der Waals surface area contributed by atoms with Crippen molar-refractivity contribution in [2.75, 3.05) is 4.72 Å². The van der Waals surface area contributed by atoms with E-state index < -0.39 is 15.4 Å². The summed E-state index contributed by atoms with van der Waals surface area (Å²) in [6.07, 6.45) is 2.53. The fourth-order valence-corrected chi connectivity index (χ4v) is 5.40. The summed E-state index contributed by atoms with van der Waals surface area (Å²) in [7, 11) is -3.69. The van der Waals surface area contributed by atoms with Crippen molar-refractivity contribution in [3.8, 4) is 0 Å². The Morgan fingerprint density at radius 3 is 2.10 bits per heavy atom. The number of sulfonamides is 1. The number of carbonyl (C=O) groups excluding carboxylic acids is 1. The average molecular weight is 415 g/mol. The first-order valence-electron chi connectivity index (χ1n) is 10.1. The van der Waals surface area contributed by atoms with E-state index in [1.54, 1.807) is 12.1 Å². The van der Waals surface area contributed by atoms with Gasteiger partial charge in [0.25, 0.3) is 10.0 Å². The topological polar surface area (TPSA) is 75.3 Å². The van der Waals surface area contributed by atoms with Gasteiger partial charge in [0.05, 0.1) is 10.3 Å². The van der Waals surface area contributed by atoms with Crippen molar-refractivity contribution in [3.63, 3.8) is 0 Å². The number of amides is 1. The summed E-state index contributed by atoms with van der Waals surface area (Å²) in [6.45, 7) is 9.62. The first kappa shape index (κ1) is 21.4. The number of anilines is 1. The van der Waals surface area contributed by atoms with Crippen molar-refractivity contribution >= 4 is 21.6 Å². The van der Waals surface area contributed by atoms with E-state index in [4.69, 9.17) is 0 Å². The van der Waals surface area contributed by atoms with E-state index in [-0.39, 0.29) is 11.9 Å². The first-order chi connectivity index (χ1) is 13.6. The van der Waals surface area contributed by atoms with Crippen molar-refractivity contribution in [3.05, 3.63) is 58.7 Å². The average Bonchev–Trinajstić information content (AvgIpc) is 3.42. The van der Waals surface area contributed by atoms with Gasteiger partial charge in [-0.2, -0.15) is 0 Å². The minimum absolute atomic E-state index is 0.0612. The Morgan fingerprint density at radius 2 is 1.62 bits per heavy atom. The van der Waals surface area contributed by atoms with Gasteiger partial charge in [0.1, 0.15) is 0 Å². The lowest BCUT2D eigenvalue weighted by Gasteiger charge is -2.20. The van der Waals surface area contributed by atoms with E-state index in [2.05, 4.69) is 10.0 Å². The summed E-state index contributed by atoms with van der Waals surface area (Å²) >= 11 is 0. The van der Waals surface area contributed by atoms with Crippen molar-refractivity contribution in [1.82, 2.24) is 5.32 Å². The molecule has 156 valence electrons. The third-order valence-corrected chi connectivity index (χ3v) is 7.42. The second kappa shape index (κ2) is 7.82. The quantitative estimate of drug-likeness (QED) is 0.707. The van der Waals surface area contributed by atoms with Crippen molar-refractivity contribution in [2.45, 2.75) is 70.2 Å². The molecule has 3 rings (SSSR count). The minimum atomic E-state index is -3.69. The zero-order chi connectivity index (χ0) is 21.4. The third-order valence-electron chi connectivity index (χ3n) is 5.74. The van der Waals surface area contributed by atoms with Crippen LogP contribution in [-0.4, -0.2) is 20.4 Å². The van der Waals surface area contributed by atoms with E-state index in [9.17, 15) is 13.2 Å². The molecule has 0 radical (unpaired) electrons. The van der Waals surface area contributed by atoms with Crippen LogP contribution < -0.4 is 10.0 Å². The number of hydrogen-bond acceptors (Lipinski definition) is 3. The molecule has 1 aliphatic carbocycles. The summed E-state index contributed by atoms with van der Waals surface area (Å²) in [6, 6.07) is 11.1. The monoisotopic (exact) mass is 414 g/mol. The maximum Gasteiger partial charge on any atom is 0.262 e. The molecule has 5 nitrogen and oxygen atoms in total. The molecule has 1 aliphatic rings. The molecule has 1 unspecified atom stereocenters. The Morgan fingerprint density at radius 1 is 1.07 bits per heavy atom. The van der Waals surface area contributed by atoms with Crippen LogP contribution in [0.2, 0.25) is 0 Å². The van der Waals surface area contributed by atoms with Crippen LogP contribution in [0.15, 0.2) is 41.3 Å². The van der Waals surface area contributed by atoms with Crippen LogP contribution in [-0.2, 0) is 20.2 Å². The molecule has 0 aromatic heterocycles. The molecule has 2 aromatic rings. The smallest absolute Gasteiger partial charge is 0.262 e. The van der Waals surface area contributed by atoms with Crippen LogP contribution in [0.3, 0.4) is 0 Å². The normalized spacial score (nSPS) is 16.2. The van der Waals surface area contributed by atoms with Gasteiger partial charge in [0.15, 0.2) is 0 Å². The fourth-order valence-electron chi connectivity index (χ4n) is 3.89. The Labute approximate surface area is 174 Å². The second-order valence-electron chi connectivity index (χ2n) is 8.28.